The lowest BCUT2D eigenvalue weighted by molar-refractivity contribution is -0.0870. The highest BCUT2D eigenvalue weighted by Gasteiger charge is 2.50. The molecule has 106 valence electrons. The van der Waals surface area contributed by atoms with Crippen molar-refractivity contribution in [1.82, 2.24) is 14.5 Å². The Hall–Kier alpha value is -0.910. The van der Waals surface area contributed by atoms with Gasteiger partial charge < -0.3 is 14.4 Å². The first kappa shape index (κ1) is 13.1. The minimum Gasteiger partial charge on any atom is -0.393 e. The quantitative estimate of drug-likeness (QED) is 0.878. The molecule has 5 nitrogen and oxygen atoms in total. The van der Waals surface area contributed by atoms with Crippen molar-refractivity contribution in [2.45, 2.75) is 50.0 Å². The van der Waals surface area contributed by atoms with Crippen LogP contribution in [0.2, 0.25) is 0 Å². The number of fused-ring (bicyclic) bond motifs is 1. The van der Waals surface area contributed by atoms with Crippen molar-refractivity contribution in [3.8, 4) is 0 Å². The zero-order valence-corrected chi connectivity index (χ0v) is 11.5. The smallest absolute Gasteiger partial charge is 0.0946 e. The van der Waals surface area contributed by atoms with E-state index in [9.17, 15) is 5.11 Å². The number of hydrogen-bond donors (Lipinski definition) is 1. The fraction of sp³-hybridized carbons (Fsp3) is 0.786. The van der Waals surface area contributed by atoms with Gasteiger partial charge in [-0.05, 0) is 25.7 Å². The van der Waals surface area contributed by atoms with E-state index >= 15 is 0 Å². The van der Waals surface area contributed by atoms with Gasteiger partial charge in [0.25, 0.3) is 0 Å². The minimum absolute atomic E-state index is 0.0197. The summed E-state index contributed by atoms with van der Waals surface area (Å²) in [5.41, 5.74) is -0.0197. The number of hydrogen-bond acceptors (Lipinski definition) is 4. The molecule has 3 rings (SSSR count). The van der Waals surface area contributed by atoms with Crippen LogP contribution in [0.1, 0.15) is 25.7 Å². The van der Waals surface area contributed by atoms with E-state index in [0.29, 0.717) is 6.04 Å². The van der Waals surface area contributed by atoms with Crippen LogP contribution in [0, 0.1) is 0 Å². The highest BCUT2D eigenvalue weighted by Crippen LogP contribution is 2.42. The molecule has 1 aromatic heterocycles. The summed E-state index contributed by atoms with van der Waals surface area (Å²) in [5, 5.41) is 9.94. The van der Waals surface area contributed by atoms with Gasteiger partial charge in [-0.15, -0.1) is 0 Å². The predicted molar refractivity (Wildman–Crippen MR) is 71.8 cm³/mol. The number of aliphatic hydroxyl groups is 1. The van der Waals surface area contributed by atoms with Gasteiger partial charge in [0.15, 0.2) is 0 Å². The van der Waals surface area contributed by atoms with Crippen molar-refractivity contribution in [3.05, 3.63) is 18.7 Å². The summed E-state index contributed by atoms with van der Waals surface area (Å²) in [6, 6.07) is 0.366. The number of aromatic nitrogens is 2. The standard InChI is InChI=1S/C14H23N3O2/c1-19-14-3-2-12(18)10-13(14)17(6-4-14)9-8-16-7-5-15-11-16/h5,7,11-13,18H,2-4,6,8-10H2,1H3/t12-,13-,14+/m1/s1. The number of nitrogens with zero attached hydrogens (tertiary/aromatic N) is 3. The second-order valence-electron chi connectivity index (χ2n) is 5.80. The van der Waals surface area contributed by atoms with Crippen LogP contribution in [0.3, 0.4) is 0 Å². The topological polar surface area (TPSA) is 50.5 Å². The lowest BCUT2D eigenvalue weighted by Crippen LogP contribution is -2.51. The fourth-order valence-corrected chi connectivity index (χ4v) is 3.70. The van der Waals surface area contributed by atoms with Crippen LogP contribution in [-0.2, 0) is 11.3 Å². The zero-order chi connectivity index (χ0) is 13.3. The largest absolute Gasteiger partial charge is 0.393 e. The maximum atomic E-state index is 9.94. The van der Waals surface area contributed by atoms with Crippen molar-refractivity contribution >= 4 is 0 Å². The number of imidazole rings is 1. The first-order chi connectivity index (χ1) is 9.23. The monoisotopic (exact) mass is 265 g/mol. The average Bonchev–Trinajstić information content (AvgIpc) is 3.04. The Morgan fingerprint density at radius 2 is 2.32 bits per heavy atom. The van der Waals surface area contributed by atoms with Crippen LogP contribution in [-0.4, -0.2) is 57.5 Å². The Kier molecular flexibility index (Phi) is 3.60. The summed E-state index contributed by atoms with van der Waals surface area (Å²) in [4.78, 5) is 6.55. The van der Waals surface area contributed by atoms with Gasteiger partial charge in [0.1, 0.15) is 0 Å². The Morgan fingerprint density at radius 1 is 1.42 bits per heavy atom. The molecule has 2 aliphatic rings. The number of likely N-dealkylation sites (tertiary alicyclic amines) is 1. The van der Waals surface area contributed by atoms with Gasteiger partial charge in [-0.25, -0.2) is 4.98 Å². The molecule has 1 aromatic rings. The van der Waals surface area contributed by atoms with E-state index < -0.39 is 0 Å². The van der Waals surface area contributed by atoms with Gasteiger partial charge in [0.05, 0.1) is 18.0 Å². The third-order valence-corrected chi connectivity index (χ3v) is 4.88. The molecular formula is C14H23N3O2. The molecule has 1 saturated carbocycles. The van der Waals surface area contributed by atoms with Crippen LogP contribution in [0.5, 0.6) is 0 Å². The van der Waals surface area contributed by atoms with Crippen molar-refractivity contribution in [3.63, 3.8) is 0 Å². The second kappa shape index (κ2) is 5.23. The molecule has 0 amide bonds. The first-order valence-corrected chi connectivity index (χ1v) is 7.16. The lowest BCUT2D eigenvalue weighted by atomic mass is 9.79. The highest BCUT2D eigenvalue weighted by atomic mass is 16.5. The van der Waals surface area contributed by atoms with Crippen LogP contribution in [0.15, 0.2) is 18.7 Å². The van der Waals surface area contributed by atoms with Gasteiger partial charge in [-0.1, -0.05) is 0 Å². The third kappa shape index (κ3) is 2.42. The second-order valence-corrected chi connectivity index (χ2v) is 5.80. The molecule has 0 bridgehead atoms. The van der Waals surface area contributed by atoms with E-state index in [4.69, 9.17) is 4.74 Å². The van der Waals surface area contributed by atoms with E-state index in [0.717, 1.165) is 45.3 Å². The van der Waals surface area contributed by atoms with E-state index in [1.807, 2.05) is 25.8 Å². The molecule has 1 N–H and O–H groups in total. The molecule has 2 heterocycles. The van der Waals surface area contributed by atoms with Crippen molar-refractivity contribution in [2.75, 3.05) is 20.2 Å². The van der Waals surface area contributed by atoms with Crippen molar-refractivity contribution < 1.29 is 9.84 Å². The van der Waals surface area contributed by atoms with Gasteiger partial charge in [0, 0.05) is 45.2 Å². The fourth-order valence-electron chi connectivity index (χ4n) is 3.70. The van der Waals surface area contributed by atoms with Crippen LogP contribution in [0.4, 0.5) is 0 Å². The predicted octanol–water partition coefficient (Wildman–Crippen LogP) is 0.887. The van der Waals surface area contributed by atoms with Crippen LogP contribution < -0.4 is 0 Å². The molecular weight excluding hydrogens is 242 g/mol. The summed E-state index contributed by atoms with van der Waals surface area (Å²) < 4.78 is 7.95. The van der Waals surface area contributed by atoms with Crippen LogP contribution >= 0.6 is 0 Å². The van der Waals surface area contributed by atoms with Gasteiger partial charge in [0.2, 0.25) is 0 Å². The average molecular weight is 265 g/mol. The first-order valence-electron chi connectivity index (χ1n) is 7.16. The molecule has 2 fully saturated rings. The molecule has 1 aliphatic heterocycles. The van der Waals surface area contributed by atoms with Gasteiger partial charge in [-0.2, -0.15) is 0 Å². The number of ether oxygens (including phenoxy) is 1. The molecule has 5 heteroatoms. The summed E-state index contributed by atoms with van der Waals surface area (Å²) in [6.45, 7) is 3.02. The SMILES string of the molecule is CO[C@]12CC[C@@H](O)C[C@H]1N(CCn1ccnc1)CC2. The highest BCUT2D eigenvalue weighted by molar-refractivity contribution is 5.05. The van der Waals surface area contributed by atoms with Gasteiger partial charge in [-0.3, -0.25) is 4.90 Å². The maximum Gasteiger partial charge on any atom is 0.0946 e. The lowest BCUT2D eigenvalue weighted by Gasteiger charge is -2.42. The Morgan fingerprint density at radius 3 is 3.05 bits per heavy atom. The zero-order valence-electron chi connectivity index (χ0n) is 11.5. The van der Waals surface area contributed by atoms with E-state index in [2.05, 4.69) is 14.5 Å². The maximum absolute atomic E-state index is 9.94. The molecule has 0 spiro atoms. The molecule has 0 unspecified atom stereocenters. The Bertz CT molecular complexity index is 409. The minimum atomic E-state index is -0.165. The molecule has 0 radical (unpaired) electrons. The molecule has 1 saturated heterocycles. The number of methoxy groups -OCH3 is 1. The molecule has 1 aliphatic carbocycles. The summed E-state index contributed by atoms with van der Waals surface area (Å²) in [6.07, 6.45) is 9.29. The number of rotatable bonds is 4. The van der Waals surface area contributed by atoms with Crippen molar-refractivity contribution in [2.24, 2.45) is 0 Å². The van der Waals surface area contributed by atoms with E-state index in [-0.39, 0.29) is 11.7 Å². The molecule has 0 aromatic carbocycles. The normalized spacial score (nSPS) is 35.5. The molecule has 19 heavy (non-hydrogen) atoms. The summed E-state index contributed by atoms with van der Waals surface area (Å²) >= 11 is 0. The number of aliphatic hydroxyl groups excluding tert-OH is 1. The van der Waals surface area contributed by atoms with Crippen molar-refractivity contribution in [1.29, 1.82) is 0 Å². The summed E-state index contributed by atoms with van der Waals surface area (Å²) in [5.74, 6) is 0. The third-order valence-electron chi connectivity index (χ3n) is 4.88. The van der Waals surface area contributed by atoms with E-state index in [1.54, 1.807) is 0 Å². The van der Waals surface area contributed by atoms with Gasteiger partial charge >= 0.3 is 0 Å². The summed E-state index contributed by atoms with van der Waals surface area (Å²) in [7, 11) is 1.82. The Balaban J connectivity index is 1.66. The van der Waals surface area contributed by atoms with E-state index in [1.165, 1.54) is 0 Å². The molecule has 3 atom stereocenters. The Labute approximate surface area is 114 Å². The van der Waals surface area contributed by atoms with Crippen LogP contribution in [0.25, 0.3) is 0 Å².